The van der Waals surface area contributed by atoms with Crippen LogP contribution in [0.5, 0.6) is 5.75 Å². The molecule has 1 aromatic carbocycles. The molecule has 3 rings (SSSR count). The molecule has 0 aliphatic rings. The topological polar surface area (TPSA) is 83.0 Å². The summed E-state index contributed by atoms with van der Waals surface area (Å²) in [5, 5.41) is 16.9. The van der Waals surface area contributed by atoms with E-state index in [0.29, 0.717) is 28.2 Å². The van der Waals surface area contributed by atoms with E-state index in [2.05, 4.69) is 39.4 Å². The van der Waals surface area contributed by atoms with Crippen LogP contribution in [0.4, 0.5) is 17.5 Å². The number of nitrogens with one attached hydrogen (secondary N) is 2. The summed E-state index contributed by atoms with van der Waals surface area (Å²) in [6.07, 6.45) is 2.66. The zero-order valence-electron chi connectivity index (χ0n) is 14.6. The van der Waals surface area contributed by atoms with Gasteiger partial charge in [0.1, 0.15) is 11.6 Å². The lowest BCUT2D eigenvalue weighted by Crippen LogP contribution is -2.16. The van der Waals surface area contributed by atoms with Crippen molar-refractivity contribution < 1.29 is 5.11 Å². The van der Waals surface area contributed by atoms with Crippen molar-refractivity contribution in [3.63, 3.8) is 0 Å². The molecule has 0 saturated heterocycles. The molecule has 0 bridgehead atoms. The van der Waals surface area contributed by atoms with Crippen molar-refractivity contribution in [3.8, 4) is 17.1 Å². The van der Waals surface area contributed by atoms with E-state index in [1.165, 1.54) is 6.07 Å². The van der Waals surface area contributed by atoms with Gasteiger partial charge in [-0.2, -0.15) is 4.98 Å². The third-order valence-electron chi connectivity index (χ3n) is 3.86. The highest BCUT2D eigenvalue weighted by atomic mass is 35.5. The third-order valence-corrected chi connectivity index (χ3v) is 4.10. The Morgan fingerprint density at radius 2 is 1.96 bits per heavy atom. The highest BCUT2D eigenvalue weighted by Gasteiger charge is 2.11. The maximum Gasteiger partial charge on any atom is 0.225 e. The zero-order chi connectivity index (χ0) is 18.5. The maximum atomic E-state index is 10.0. The second-order valence-corrected chi connectivity index (χ2v) is 6.35. The van der Waals surface area contributed by atoms with Gasteiger partial charge in [-0.1, -0.05) is 24.6 Å². The molecule has 0 fully saturated rings. The Balaban J connectivity index is 2.00. The normalized spacial score (nSPS) is 11.8. The van der Waals surface area contributed by atoms with Gasteiger partial charge in [-0.05, 0) is 43.7 Å². The van der Waals surface area contributed by atoms with Gasteiger partial charge in [-0.3, -0.25) is 4.98 Å². The second kappa shape index (κ2) is 8.01. The van der Waals surface area contributed by atoms with E-state index in [0.717, 1.165) is 12.1 Å². The summed E-state index contributed by atoms with van der Waals surface area (Å²) in [4.78, 5) is 13.4. The predicted octanol–water partition coefficient (Wildman–Crippen LogP) is 4.85. The van der Waals surface area contributed by atoms with Gasteiger partial charge in [0.25, 0.3) is 0 Å². The molecular formula is C19H20ClN5O. The number of benzene rings is 1. The number of rotatable bonds is 6. The second-order valence-electron chi connectivity index (χ2n) is 5.92. The van der Waals surface area contributed by atoms with Crippen LogP contribution in [0.25, 0.3) is 11.4 Å². The number of hydrogen-bond acceptors (Lipinski definition) is 6. The van der Waals surface area contributed by atoms with Gasteiger partial charge < -0.3 is 15.7 Å². The highest BCUT2D eigenvalue weighted by Crippen LogP contribution is 2.30. The molecule has 0 saturated carbocycles. The van der Waals surface area contributed by atoms with Gasteiger partial charge in [-0.15, -0.1) is 0 Å². The van der Waals surface area contributed by atoms with Crippen LogP contribution >= 0.6 is 11.6 Å². The molecule has 1 atom stereocenters. The molecule has 2 heterocycles. The van der Waals surface area contributed by atoms with Crippen LogP contribution in [0.1, 0.15) is 20.3 Å². The van der Waals surface area contributed by atoms with Gasteiger partial charge in [0, 0.05) is 23.3 Å². The Kier molecular flexibility index (Phi) is 5.53. The number of hydrogen-bond donors (Lipinski definition) is 3. The van der Waals surface area contributed by atoms with Crippen LogP contribution in [-0.4, -0.2) is 26.1 Å². The minimum Gasteiger partial charge on any atom is -0.506 e. The molecule has 26 heavy (non-hydrogen) atoms. The van der Waals surface area contributed by atoms with Gasteiger partial charge >= 0.3 is 0 Å². The number of phenolic OH excluding ortho intramolecular Hbond substituents is 1. The minimum absolute atomic E-state index is 0.0869. The molecule has 0 spiro atoms. The molecule has 6 nitrogen and oxygen atoms in total. The molecular weight excluding hydrogens is 350 g/mol. The van der Waals surface area contributed by atoms with Crippen LogP contribution < -0.4 is 10.6 Å². The standard InChI is InChI=1S/C19H20ClN5O/c1-3-12(2)22-19-24-15(14-6-4-5-9-21-14)11-18(25-19)23-16-10-13(20)7-8-17(16)26/h4-12,26H,3H2,1-2H3,(H2,22,23,24,25)/t12-/m1/s1. The monoisotopic (exact) mass is 369 g/mol. The summed E-state index contributed by atoms with van der Waals surface area (Å²) in [6, 6.07) is 12.4. The van der Waals surface area contributed by atoms with Crippen molar-refractivity contribution in [1.29, 1.82) is 0 Å². The number of pyridine rings is 1. The zero-order valence-corrected chi connectivity index (χ0v) is 15.3. The molecule has 0 unspecified atom stereocenters. The Hall–Kier alpha value is -2.86. The molecule has 0 radical (unpaired) electrons. The van der Waals surface area contributed by atoms with Crippen LogP contribution in [0.15, 0.2) is 48.7 Å². The van der Waals surface area contributed by atoms with E-state index < -0.39 is 0 Å². The molecule has 0 aliphatic carbocycles. The predicted molar refractivity (Wildman–Crippen MR) is 105 cm³/mol. The molecule has 3 N–H and O–H groups in total. The summed E-state index contributed by atoms with van der Waals surface area (Å²) in [6.45, 7) is 4.15. The maximum absolute atomic E-state index is 10.0. The molecule has 0 aliphatic heterocycles. The van der Waals surface area contributed by atoms with E-state index in [4.69, 9.17) is 11.6 Å². The van der Waals surface area contributed by atoms with E-state index in [1.54, 1.807) is 24.4 Å². The summed E-state index contributed by atoms with van der Waals surface area (Å²) in [5.41, 5.74) is 1.88. The van der Waals surface area contributed by atoms with Crippen LogP contribution in [-0.2, 0) is 0 Å². The fourth-order valence-corrected chi connectivity index (χ4v) is 2.46. The van der Waals surface area contributed by atoms with Crippen molar-refractivity contribution in [2.24, 2.45) is 0 Å². The lowest BCUT2D eigenvalue weighted by molar-refractivity contribution is 0.477. The molecule has 2 aromatic heterocycles. The Labute approximate surface area is 157 Å². The Morgan fingerprint density at radius 1 is 1.12 bits per heavy atom. The lowest BCUT2D eigenvalue weighted by atomic mass is 10.2. The van der Waals surface area contributed by atoms with Gasteiger partial charge in [0.2, 0.25) is 5.95 Å². The Bertz CT molecular complexity index is 888. The van der Waals surface area contributed by atoms with E-state index >= 15 is 0 Å². The first kappa shape index (κ1) is 17.9. The smallest absolute Gasteiger partial charge is 0.225 e. The fourth-order valence-electron chi connectivity index (χ4n) is 2.29. The first-order valence-electron chi connectivity index (χ1n) is 8.37. The fraction of sp³-hybridized carbons (Fsp3) is 0.211. The number of nitrogens with zero attached hydrogens (tertiary/aromatic N) is 3. The van der Waals surface area contributed by atoms with Crippen LogP contribution in [0, 0.1) is 0 Å². The van der Waals surface area contributed by atoms with Gasteiger partial charge in [-0.25, -0.2) is 4.98 Å². The average molecular weight is 370 g/mol. The number of anilines is 3. The lowest BCUT2D eigenvalue weighted by Gasteiger charge is -2.15. The van der Waals surface area contributed by atoms with E-state index in [1.807, 2.05) is 18.2 Å². The van der Waals surface area contributed by atoms with Crippen LogP contribution in [0.3, 0.4) is 0 Å². The average Bonchev–Trinajstić information content (AvgIpc) is 2.65. The first-order chi connectivity index (χ1) is 12.5. The van der Waals surface area contributed by atoms with Crippen molar-refractivity contribution in [1.82, 2.24) is 15.0 Å². The van der Waals surface area contributed by atoms with Crippen molar-refractivity contribution >= 4 is 29.1 Å². The minimum atomic E-state index is 0.0869. The number of aromatic nitrogens is 3. The quantitative estimate of drug-likeness (QED) is 0.538. The molecule has 7 heteroatoms. The number of phenols is 1. The van der Waals surface area contributed by atoms with E-state index in [-0.39, 0.29) is 11.8 Å². The van der Waals surface area contributed by atoms with E-state index in [9.17, 15) is 5.11 Å². The third kappa shape index (κ3) is 4.40. The summed E-state index contributed by atoms with van der Waals surface area (Å²) < 4.78 is 0. The van der Waals surface area contributed by atoms with Crippen molar-refractivity contribution in [2.75, 3.05) is 10.6 Å². The molecule has 0 amide bonds. The first-order valence-corrected chi connectivity index (χ1v) is 8.75. The van der Waals surface area contributed by atoms with Crippen molar-refractivity contribution in [3.05, 3.63) is 53.7 Å². The number of aromatic hydroxyl groups is 1. The highest BCUT2D eigenvalue weighted by molar-refractivity contribution is 6.30. The molecule has 134 valence electrons. The summed E-state index contributed by atoms with van der Waals surface area (Å²) >= 11 is 6.02. The number of halogens is 1. The van der Waals surface area contributed by atoms with Crippen molar-refractivity contribution in [2.45, 2.75) is 26.3 Å². The largest absolute Gasteiger partial charge is 0.506 e. The SMILES string of the molecule is CC[C@@H](C)Nc1nc(Nc2cc(Cl)ccc2O)cc(-c2ccccn2)n1. The summed E-state index contributed by atoms with van der Waals surface area (Å²) in [5.74, 6) is 1.11. The summed E-state index contributed by atoms with van der Waals surface area (Å²) in [7, 11) is 0. The van der Waals surface area contributed by atoms with Gasteiger partial charge in [0.05, 0.1) is 17.1 Å². The van der Waals surface area contributed by atoms with Gasteiger partial charge in [0.15, 0.2) is 0 Å². The molecule has 3 aromatic rings. The Morgan fingerprint density at radius 3 is 2.69 bits per heavy atom. The van der Waals surface area contributed by atoms with Crippen LogP contribution in [0.2, 0.25) is 5.02 Å².